The predicted octanol–water partition coefficient (Wildman–Crippen LogP) is 3.59. The highest BCUT2D eigenvalue weighted by Gasteiger charge is 2.21. The Bertz CT molecular complexity index is 450. The fourth-order valence-corrected chi connectivity index (χ4v) is 2.31. The lowest BCUT2D eigenvalue weighted by molar-refractivity contribution is 0.790. The van der Waals surface area contributed by atoms with Gasteiger partial charge in [-0.1, -0.05) is 27.5 Å². The van der Waals surface area contributed by atoms with Crippen molar-refractivity contribution >= 4 is 57.5 Å². The maximum atomic E-state index is 5.99. The quantitative estimate of drug-likeness (QED) is 0.411. The minimum absolute atomic E-state index is 0. The van der Waals surface area contributed by atoms with Gasteiger partial charge >= 0.3 is 0 Å². The molecule has 2 N–H and O–H groups in total. The van der Waals surface area contributed by atoms with Crippen LogP contribution >= 0.6 is 51.5 Å². The molecule has 0 bridgehead atoms. The smallest absolute Gasteiger partial charge is 0.191 e. The van der Waals surface area contributed by atoms with Crippen LogP contribution in [-0.2, 0) is 6.42 Å². The van der Waals surface area contributed by atoms with E-state index in [4.69, 9.17) is 11.6 Å². The van der Waals surface area contributed by atoms with E-state index in [9.17, 15) is 0 Å². The van der Waals surface area contributed by atoms with Gasteiger partial charge in [-0.25, -0.2) is 0 Å². The first kappa shape index (κ1) is 17.0. The van der Waals surface area contributed by atoms with Gasteiger partial charge in [-0.05, 0) is 43.0 Å². The van der Waals surface area contributed by atoms with Crippen LogP contribution < -0.4 is 10.6 Å². The first-order chi connectivity index (χ1) is 8.69. The molecule has 1 saturated carbocycles. The number of guanidine groups is 1. The SMILES string of the molecule is CN=C(NCCc1cc(Cl)ccc1Br)NC1CC1.I. The fourth-order valence-electron chi connectivity index (χ4n) is 1.67. The molecule has 1 aliphatic rings. The summed E-state index contributed by atoms with van der Waals surface area (Å²) in [5, 5.41) is 7.44. The molecule has 19 heavy (non-hydrogen) atoms. The van der Waals surface area contributed by atoms with Gasteiger partial charge in [0.25, 0.3) is 0 Å². The first-order valence-electron chi connectivity index (χ1n) is 6.10. The van der Waals surface area contributed by atoms with Crippen molar-refractivity contribution in [3.05, 3.63) is 33.3 Å². The summed E-state index contributed by atoms with van der Waals surface area (Å²) in [4.78, 5) is 4.20. The second-order valence-corrected chi connectivity index (χ2v) is 5.69. The van der Waals surface area contributed by atoms with Crippen LogP contribution in [0, 0.1) is 0 Å². The maximum absolute atomic E-state index is 5.99. The van der Waals surface area contributed by atoms with E-state index in [0.29, 0.717) is 6.04 Å². The van der Waals surface area contributed by atoms with E-state index >= 15 is 0 Å². The molecule has 0 heterocycles. The normalized spacial score (nSPS) is 14.8. The second kappa shape index (κ2) is 8.32. The highest BCUT2D eigenvalue weighted by Crippen LogP contribution is 2.21. The predicted molar refractivity (Wildman–Crippen MR) is 95.8 cm³/mol. The number of aliphatic imine (C=N–C) groups is 1. The van der Waals surface area contributed by atoms with Gasteiger partial charge < -0.3 is 10.6 Å². The van der Waals surface area contributed by atoms with Crippen LogP contribution in [0.3, 0.4) is 0 Å². The first-order valence-corrected chi connectivity index (χ1v) is 7.27. The largest absolute Gasteiger partial charge is 0.356 e. The zero-order chi connectivity index (χ0) is 13.0. The van der Waals surface area contributed by atoms with Crippen molar-refractivity contribution in [2.75, 3.05) is 13.6 Å². The molecule has 0 unspecified atom stereocenters. The highest BCUT2D eigenvalue weighted by atomic mass is 127. The molecule has 0 aromatic heterocycles. The van der Waals surface area contributed by atoms with Crippen molar-refractivity contribution < 1.29 is 0 Å². The zero-order valence-corrected chi connectivity index (χ0v) is 15.4. The molecule has 0 radical (unpaired) electrons. The van der Waals surface area contributed by atoms with Gasteiger partial charge in [-0.3, -0.25) is 4.99 Å². The van der Waals surface area contributed by atoms with Crippen LogP contribution in [0.4, 0.5) is 0 Å². The molecule has 1 aliphatic carbocycles. The van der Waals surface area contributed by atoms with Crippen molar-refractivity contribution in [2.45, 2.75) is 25.3 Å². The van der Waals surface area contributed by atoms with Crippen LogP contribution in [0.25, 0.3) is 0 Å². The number of halogens is 3. The van der Waals surface area contributed by atoms with Gasteiger partial charge in [0.05, 0.1) is 0 Å². The Kier molecular flexibility index (Phi) is 7.46. The molecule has 0 aliphatic heterocycles. The summed E-state index contributed by atoms with van der Waals surface area (Å²) in [5.74, 6) is 0.885. The van der Waals surface area contributed by atoms with Crippen molar-refractivity contribution in [2.24, 2.45) is 4.99 Å². The summed E-state index contributed by atoms with van der Waals surface area (Å²) in [6, 6.07) is 6.48. The van der Waals surface area contributed by atoms with Crippen LogP contribution in [0.5, 0.6) is 0 Å². The summed E-state index contributed by atoms with van der Waals surface area (Å²) >= 11 is 9.52. The minimum Gasteiger partial charge on any atom is -0.356 e. The van der Waals surface area contributed by atoms with Gasteiger partial charge in [0.2, 0.25) is 0 Å². The summed E-state index contributed by atoms with van der Waals surface area (Å²) in [6.45, 7) is 0.839. The van der Waals surface area contributed by atoms with Crippen molar-refractivity contribution in [3.8, 4) is 0 Å². The average Bonchev–Trinajstić information content (AvgIpc) is 3.16. The van der Waals surface area contributed by atoms with E-state index in [0.717, 1.165) is 28.4 Å². The molecule has 1 aromatic carbocycles. The third-order valence-corrected chi connectivity index (χ3v) is 3.85. The topological polar surface area (TPSA) is 36.4 Å². The number of hydrogen-bond acceptors (Lipinski definition) is 1. The molecule has 6 heteroatoms. The van der Waals surface area contributed by atoms with E-state index < -0.39 is 0 Å². The average molecular weight is 459 g/mol. The Balaban J connectivity index is 0.00000180. The number of rotatable bonds is 4. The molecular weight excluding hydrogens is 440 g/mol. The summed E-state index contributed by atoms with van der Waals surface area (Å²) in [5.41, 5.74) is 1.21. The minimum atomic E-state index is 0. The number of benzene rings is 1. The van der Waals surface area contributed by atoms with Crippen LogP contribution in [0.1, 0.15) is 18.4 Å². The Labute approximate surface area is 144 Å². The lowest BCUT2D eigenvalue weighted by Gasteiger charge is -2.11. The van der Waals surface area contributed by atoms with E-state index in [1.165, 1.54) is 18.4 Å². The number of nitrogens with one attached hydrogen (secondary N) is 2. The monoisotopic (exact) mass is 457 g/mol. The van der Waals surface area contributed by atoms with Crippen LogP contribution in [0.15, 0.2) is 27.7 Å². The van der Waals surface area contributed by atoms with Crippen LogP contribution in [0.2, 0.25) is 5.02 Å². The molecule has 106 valence electrons. The molecule has 0 saturated heterocycles. The Morgan fingerprint density at radius 2 is 2.21 bits per heavy atom. The summed E-state index contributed by atoms with van der Waals surface area (Å²) in [7, 11) is 1.80. The molecule has 3 nitrogen and oxygen atoms in total. The standard InChI is InChI=1S/C13H17BrClN3.HI/c1-16-13(18-11-3-4-11)17-7-6-9-8-10(15)2-5-12(9)14;/h2,5,8,11H,3-4,6-7H2,1H3,(H2,16,17,18);1H. The Morgan fingerprint density at radius 3 is 2.84 bits per heavy atom. The lowest BCUT2D eigenvalue weighted by atomic mass is 10.1. The second-order valence-electron chi connectivity index (χ2n) is 4.40. The van der Waals surface area contributed by atoms with Gasteiger partial charge in [-0.2, -0.15) is 0 Å². The van der Waals surface area contributed by atoms with E-state index in [1.807, 2.05) is 18.2 Å². The maximum Gasteiger partial charge on any atom is 0.191 e. The molecule has 0 atom stereocenters. The van der Waals surface area contributed by atoms with Crippen LogP contribution in [-0.4, -0.2) is 25.6 Å². The number of hydrogen-bond donors (Lipinski definition) is 2. The summed E-state index contributed by atoms with van der Waals surface area (Å²) < 4.78 is 1.10. The van der Waals surface area contributed by atoms with E-state index in [2.05, 4.69) is 31.6 Å². The number of nitrogens with zero attached hydrogens (tertiary/aromatic N) is 1. The zero-order valence-electron chi connectivity index (χ0n) is 10.7. The van der Waals surface area contributed by atoms with E-state index in [-0.39, 0.29) is 24.0 Å². The Morgan fingerprint density at radius 1 is 1.47 bits per heavy atom. The third kappa shape index (κ3) is 5.87. The van der Waals surface area contributed by atoms with Gasteiger partial charge in [0.1, 0.15) is 0 Å². The highest BCUT2D eigenvalue weighted by molar-refractivity contribution is 14.0. The Hall–Kier alpha value is -0.0100. The summed E-state index contributed by atoms with van der Waals surface area (Å²) in [6.07, 6.45) is 3.41. The molecule has 1 fully saturated rings. The van der Waals surface area contributed by atoms with Crippen molar-refractivity contribution in [3.63, 3.8) is 0 Å². The van der Waals surface area contributed by atoms with Crippen molar-refractivity contribution in [1.82, 2.24) is 10.6 Å². The van der Waals surface area contributed by atoms with Crippen molar-refractivity contribution in [1.29, 1.82) is 0 Å². The molecular formula is C13H18BrClIN3. The lowest BCUT2D eigenvalue weighted by Crippen LogP contribution is -2.39. The van der Waals surface area contributed by atoms with Gasteiger partial charge in [0.15, 0.2) is 5.96 Å². The van der Waals surface area contributed by atoms with Gasteiger partial charge in [-0.15, -0.1) is 24.0 Å². The third-order valence-electron chi connectivity index (χ3n) is 2.84. The molecule has 0 spiro atoms. The molecule has 2 rings (SSSR count). The fraction of sp³-hybridized carbons (Fsp3) is 0.462. The van der Waals surface area contributed by atoms with E-state index in [1.54, 1.807) is 7.05 Å². The van der Waals surface area contributed by atoms with Gasteiger partial charge in [0, 0.05) is 29.1 Å². The molecule has 1 aromatic rings. The molecule has 0 amide bonds.